The van der Waals surface area contributed by atoms with E-state index in [1.165, 1.54) is 0 Å². The fourth-order valence-electron chi connectivity index (χ4n) is 2.19. The summed E-state index contributed by atoms with van der Waals surface area (Å²) in [6.45, 7) is 0.508. The van der Waals surface area contributed by atoms with E-state index >= 15 is 0 Å². The molecule has 1 N–H and O–H groups in total. The number of nitrogens with zero attached hydrogens (tertiary/aromatic N) is 1. The predicted octanol–water partition coefficient (Wildman–Crippen LogP) is 5.09. The van der Waals surface area contributed by atoms with Crippen LogP contribution in [0.25, 0.3) is 10.6 Å². The molecular weight excluding hydrogens is 363 g/mol. The lowest BCUT2D eigenvalue weighted by Crippen LogP contribution is -2.26. The summed E-state index contributed by atoms with van der Waals surface area (Å²) in [4.78, 5) is 16.7. The molecule has 122 valence electrons. The molecule has 0 saturated heterocycles. The van der Waals surface area contributed by atoms with Gasteiger partial charge in [0.1, 0.15) is 5.01 Å². The Kier molecular flexibility index (Phi) is 5.51. The van der Waals surface area contributed by atoms with Crippen molar-refractivity contribution >= 4 is 40.4 Å². The van der Waals surface area contributed by atoms with Gasteiger partial charge in [-0.1, -0.05) is 47.5 Å². The first kappa shape index (κ1) is 17.0. The van der Waals surface area contributed by atoms with E-state index < -0.39 is 0 Å². The monoisotopic (exact) mass is 376 g/mol. The highest BCUT2D eigenvalue weighted by atomic mass is 35.5. The highest BCUT2D eigenvalue weighted by Crippen LogP contribution is 2.25. The van der Waals surface area contributed by atoms with Gasteiger partial charge in [0.2, 0.25) is 0 Å². The van der Waals surface area contributed by atoms with Gasteiger partial charge in [0, 0.05) is 28.9 Å². The van der Waals surface area contributed by atoms with Gasteiger partial charge < -0.3 is 5.32 Å². The minimum Gasteiger partial charge on any atom is -0.352 e. The number of halogens is 2. The maximum atomic E-state index is 12.1. The van der Waals surface area contributed by atoms with Crippen molar-refractivity contribution < 1.29 is 4.79 Å². The standard InChI is InChI=1S/C18H14Cl2N2OS/c19-13-7-5-12(6-8-13)18-22-14(11-24-18)9-10-21-17(23)15-3-1-2-4-16(15)20/h1-8,11H,9-10H2,(H,21,23). The molecule has 1 amide bonds. The summed E-state index contributed by atoms with van der Waals surface area (Å²) in [5.41, 5.74) is 2.47. The van der Waals surface area contributed by atoms with Crippen LogP contribution in [0.2, 0.25) is 10.0 Å². The van der Waals surface area contributed by atoms with Crippen molar-refractivity contribution in [3.8, 4) is 10.6 Å². The molecule has 6 heteroatoms. The van der Waals surface area contributed by atoms with Crippen LogP contribution in [0.15, 0.2) is 53.9 Å². The summed E-state index contributed by atoms with van der Waals surface area (Å²) in [6.07, 6.45) is 0.667. The van der Waals surface area contributed by atoms with E-state index in [9.17, 15) is 4.79 Å². The molecule has 0 radical (unpaired) electrons. The molecule has 0 unspecified atom stereocenters. The van der Waals surface area contributed by atoms with Crippen LogP contribution < -0.4 is 5.32 Å². The smallest absolute Gasteiger partial charge is 0.252 e. The summed E-state index contributed by atoms with van der Waals surface area (Å²) in [5, 5.41) is 6.98. The van der Waals surface area contributed by atoms with Crippen molar-refractivity contribution in [3.63, 3.8) is 0 Å². The van der Waals surface area contributed by atoms with Crippen molar-refractivity contribution in [3.05, 3.63) is 75.2 Å². The molecule has 24 heavy (non-hydrogen) atoms. The molecule has 3 aromatic rings. The number of nitrogens with one attached hydrogen (secondary N) is 1. The Balaban J connectivity index is 1.57. The first-order valence-electron chi connectivity index (χ1n) is 7.36. The topological polar surface area (TPSA) is 42.0 Å². The molecule has 1 aromatic heterocycles. The molecule has 0 aliphatic carbocycles. The second kappa shape index (κ2) is 7.79. The lowest BCUT2D eigenvalue weighted by Gasteiger charge is -2.05. The molecule has 0 aliphatic rings. The van der Waals surface area contributed by atoms with Crippen molar-refractivity contribution in [1.82, 2.24) is 10.3 Å². The molecule has 0 bridgehead atoms. The number of rotatable bonds is 5. The second-order valence-corrected chi connectivity index (χ2v) is 6.84. The average Bonchev–Trinajstić information content (AvgIpc) is 3.04. The number of hydrogen-bond acceptors (Lipinski definition) is 3. The Labute approximate surface area is 154 Å². The number of thiazole rings is 1. The van der Waals surface area contributed by atoms with E-state index in [1.54, 1.807) is 35.6 Å². The molecule has 0 fully saturated rings. The number of benzene rings is 2. The summed E-state index contributed by atoms with van der Waals surface area (Å²) in [5.74, 6) is -0.172. The zero-order valence-electron chi connectivity index (χ0n) is 12.6. The van der Waals surface area contributed by atoms with Gasteiger partial charge in [0.05, 0.1) is 16.3 Å². The van der Waals surface area contributed by atoms with Gasteiger partial charge in [-0.25, -0.2) is 4.98 Å². The molecule has 0 atom stereocenters. The molecule has 0 aliphatic heterocycles. The fraction of sp³-hybridized carbons (Fsp3) is 0.111. The Bertz CT molecular complexity index is 846. The number of carbonyl (C=O) groups is 1. The zero-order chi connectivity index (χ0) is 16.9. The van der Waals surface area contributed by atoms with Gasteiger partial charge in [0.25, 0.3) is 5.91 Å². The summed E-state index contributed by atoms with van der Waals surface area (Å²) >= 11 is 13.5. The molecule has 1 heterocycles. The average molecular weight is 377 g/mol. The second-order valence-electron chi connectivity index (χ2n) is 5.14. The largest absolute Gasteiger partial charge is 0.352 e. The molecule has 0 spiro atoms. The van der Waals surface area contributed by atoms with Crippen LogP contribution in [0, 0.1) is 0 Å². The van der Waals surface area contributed by atoms with Crippen LogP contribution in [-0.2, 0) is 6.42 Å². The minimum absolute atomic E-state index is 0.172. The van der Waals surface area contributed by atoms with Crippen LogP contribution in [0.5, 0.6) is 0 Å². The van der Waals surface area contributed by atoms with E-state index in [0.29, 0.717) is 28.6 Å². The van der Waals surface area contributed by atoms with Gasteiger partial charge >= 0.3 is 0 Å². The van der Waals surface area contributed by atoms with Crippen LogP contribution in [-0.4, -0.2) is 17.4 Å². The Hall–Kier alpha value is -1.88. The third-order valence-corrected chi connectivity index (χ3v) is 4.95. The summed E-state index contributed by atoms with van der Waals surface area (Å²) in [6, 6.07) is 14.6. The Morgan fingerprint density at radius 1 is 1.08 bits per heavy atom. The number of amides is 1. The van der Waals surface area contributed by atoms with E-state index in [0.717, 1.165) is 16.3 Å². The van der Waals surface area contributed by atoms with Gasteiger partial charge in [-0.05, 0) is 24.3 Å². The summed E-state index contributed by atoms with van der Waals surface area (Å²) in [7, 11) is 0. The first-order valence-corrected chi connectivity index (χ1v) is 9.00. The van der Waals surface area contributed by atoms with Gasteiger partial charge in [-0.2, -0.15) is 0 Å². The molecule has 3 nitrogen and oxygen atoms in total. The number of aromatic nitrogens is 1. The highest BCUT2D eigenvalue weighted by molar-refractivity contribution is 7.13. The maximum absolute atomic E-state index is 12.1. The number of carbonyl (C=O) groups excluding carboxylic acids is 1. The first-order chi connectivity index (χ1) is 11.6. The zero-order valence-corrected chi connectivity index (χ0v) is 15.0. The van der Waals surface area contributed by atoms with Crippen molar-refractivity contribution in [2.75, 3.05) is 6.54 Å². The normalized spacial score (nSPS) is 10.6. The maximum Gasteiger partial charge on any atom is 0.252 e. The van der Waals surface area contributed by atoms with Crippen LogP contribution >= 0.6 is 34.5 Å². The van der Waals surface area contributed by atoms with Crippen molar-refractivity contribution in [2.45, 2.75) is 6.42 Å². The lowest BCUT2D eigenvalue weighted by atomic mass is 10.2. The highest BCUT2D eigenvalue weighted by Gasteiger charge is 2.09. The number of hydrogen-bond donors (Lipinski definition) is 1. The van der Waals surface area contributed by atoms with Crippen molar-refractivity contribution in [1.29, 1.82) is 0 Å². The summed E-state index contributed by atoms with van der Waals surface area (Å²) < 4.78 is 0. The predicted molar refractivity (Wildman–Crippen MR) is 100 cm³/mol. The van der Waals surface area contributed by atoms with Crippen LogP contribution in [0.1, 0.15) is 16.1 Å². The molecular formula is C18H14Cl2N2OS. The van der Waals surface area contributed by atoms with E-state index in [2.05, 4.69) is 10.3 Å². The molecule has 3 rings (SSSR count). The lowest BCUT2D eigenvalue weighted by molar-refractivity contribution is 0.0954. The Morgan fingerprint density at radius 3 is 2.58 bits per heavy atom. The van der Waals surface area contributed by atoms with E-state index in [4.69, 9.17) is 23.2 Å². The van der Waals surface area contributed by atoms with E-state index in [-0.39, 0.29) is 5.91 Å². The SMILES string of the molecule is O=C(NCCc1csc(-c2ccc(Cl)cc2)n1)c1ccccc1Cl. The van der Waals surface area contributed by atoms with E-state index in [1.807, 2.05) is 29.6 Å². The van der Waals surface area contributed by atoms with Gasteiger partial charge in [-0.3, -0.25) is 4.79 Å². The Morgan fingerprint density at radius 2 is 1.83 bits per heavy atom. The third kappa shape index (κ3) is 4.15. The fourth-order valence-corrected chi connectivity index (χ4v) is 3.40. The third-order valence-electron chi connectivity index (χ3n) is 3.43. The quantitative estimate of drug-likeness (QED) is 0.673. The van der Waals surface area contributed by atoms with Crippen LogP contribution in [0.3, 0.4) is 0 Å². The van der Waals surface area contributed by atoms with Crippen molar-refractivity contribution in [2.24, 2.45) is 0 Å². The minimum atomic E-state index is -0.172. The molecule has 0 saturated carbocycles. The van der Waals surface area contributed by atoms with Gasteiger partial charge in [0.15, 0.2) is 0 Å². The molecule has 2 aromatic carbocycles. The van der Waals surface area contributed by atoms with Crippen LogP contribution in [0.4, 0.5) is 0 Å². The van der Waals surface area contributed by atoms with Gasteiger partial charge in [-0.15, -0.1) is 11.3 Å².